The van der Waals surface area contributed by atoms with Gasteiger partial charge >= 0.3 is 0 Å². The number of nitrogens with zero attached hydrogens (tertiary/aromatic N) is 3. The molecule has 0 saturated carbocycles. The zero-order valence-electron chi connectivity index (χ0n) is 16.7. The second-order valence-electron chi connectivity index (χ2n) is 7.77. The Kier molecular flexibility index (Phi) is 4.35. The lowest BCUT2D eigenvalue weighted by molar-refractivity contribution is -0.121. The molecule has 1 N–H and O–H groups in total. The van der Waals surface area contributed by atoms with Gasteiger partial charge in [-0.1, -0.05) is 55.5 Å². The fourth-order valence-electron chi connectivity index (χ4n) is 4.82. The fraction of sp³-hybridized carbons (Fsp3) is 0.250. The van der Waals surface area contributed by atoms with Crippen molar-refractivity contribution in [2.75, 3.05) is 11.9 Å². The molecule has 1 spiro atoms. The highest BCUT2D eigenvalue weighted by Gasteiger charge is 2.59. The third-order valence-corrected chi connectivity index (χ3v) is 6.23. The number of likely N-dealkylation sites (tertiary alicyclic amines) is 1. The lowest BCUT2D eigenvalue weighted by atomic mass is 9.72. The van der Waals surface area contributed by atoms with Crippen molar-refractivity contribution < 1.29 is 9.59 Å². The maximum Gasteiger partial charge on any atom is 0.257 e. The highest BCUT2D eigenvalue weighted by atomic mass is 16.2. The first-order valence-electron chi connectivity index (χ1n) is 10.2. The Morgan fingerprint density at radius 2 is 1.80 bits per heavy atom. The van der Waals surface area contributed by atoms with Gasteiger partial charge in [-0.3, -0.25) is 9.59 Å². The molecule has 150 valence electrons. The quantitative estimate of drug-likeness (QED) is 0.733. The van der Waals surface area contributed by atoms with E-state index in [1.165, 1.54) is 0 Å². The number of hydrogen-bond donors (Lipinski definition) is 1. The first kappa shape index (κ1) is 18.5. The molecule has 3 aromatic rings. The predicted octanol–water partition coefficient (Wildman–Crippen LogP) is 3.52. The predicted molar refractivity (Wildman–Crippen MR) is 113 cm³/mol. The number of aromatic nitrogens is 2. The van der Waals surface area contributed by atoms with E-state index in [0.717, 1.165) is 16.8 Å². The summed E-state index contributed by atoms with van der Waals surface area (Å²) in [5.74, 6) is 0.499. The molecule has 5 rings (SSSR count). The fourth-order valence-corrected chi connectivity index (χ4v) is 4.82. The van der Waals surface area contributed by atoms with E-state index in [0.29, 0.717) is 30.8 Å². The van der Waals surface area contributed by atoms with E-state index < -0.39 is 11.5 Å². The Morgan fingerprint density at radius 1 is 1.10 bits per heavy atom. The van der Waals surface area contributed by atoms with Gasteiger partial charge in [0.15, 0.2) is 0 Å². The number of amides is 2. The molecule has 6 heteroatoms. The molecule has 6 nitrogen and oxygen atoms in total. The smallest absolute Gasteiger partial charge is 0.257 e. The van der Waals surface area contributed by atoms with Crippen LogP contribution in [0.4, 0.5) is 5.69 Å². The van der Waals surface area contributed by atoms with Crippen molar-refractivity contribution in [2.24, 2.45) is 0 Å². The van der Waals surface area contributed by atoms with Crippen molar-refractivity contribution in [2.45, 2.75) is 31.2 Å². The summed E-state index contributed by atoms with van der Waals surface area (Å²) < 4.78 is 0. The lowest BCUT2D eigenvalue weighted by Gasteiger charge is -2.34. The van der Waals surface area contributed by atoms with Crippen LogP contribution in [0.15, 0.2) is 67.0 Å². The first-order valence-corrected chi connectivity index (χ1v) is 10.2. The molecular formula is C24H22N4O2. The average Bonchev–Trinajstić information content (AvgIpc) is 3.33. The molecule has 30 heavy (non-hydrogen) atoms. The van der Waals surface area contributed by atoms with Crippen molar-refractivity contribution in [3.05, 3.63) is 89.5 Å². The van der Waals surface area contributed by atoms with Gasteiger partial charge in [-0.25, -0.2) is 9.97 Å². The first-order chi connectivity index (χ1) is 14.6. The van der Waals surface area contributed by atoms with Gasteiger partial charge in [-0.2, -0.15) is 0 Å². The minimum absolute atomic E-state index is 0.0505. The maximum atomic E-state index is 13.5. The molecule has 0 bridgehead atoms. The summed E-state index contributed by atoms with van der Waals surface area (Å²) in [4.78, 5) is 37.2. The van der Waals surface area contributed by atoms with Gasteiger partial charge < -0.3 is 10.2 Å². The molecule has 3 heterocycles. The summed E-state index contributed by atoms with van der Waals surface area (Å²) in [7, 11) is 0. The monoisotopic (exact) mass is 398 g/mol. The molecule has 2 atom stereocenters. The van der Waals surface area contributed by atoms with Gasteiger partial charge in [0.2, 0.25) is 5.91 Å². The van der Waals surface area contributed by atoms with Gasteiger partial charge in [0.1, 0.15) is 11.2 Å². The standard InChI is InChI=1S/C24H22N4O2/c1-2-20-25-14-17(15-26-20)22(29)28-13-12-24(21(28)16-8-4-3-5-9-16)18-10-6-7-11-19(18)27-23(24)30/h3-11,14-15,21H,2,12-13H2,1H3,(H,27,30)/t21-,24+/m0/s1. The molecule has 0 unspecified atom stereocenters. The maximum absolute atomic E-state index is 13.5. The number of nitrogens with one attached hydrogen (secondary N) is 1. The molecule has 2 aromatic carbocycles. The molecule has 1 aromatic heterocycles. The highest BCUT2D eigenvalue weighted by molar-refractivity contribution is 6.08. The topological polar surface area (TPSA) is 75.2 Å². The van der Waals surface area contributed by atoms with Crippen molar-refractivity contribution in [1.82, 2.24) is 14.9 Å². The van der Waals surface area contributed by atoms with Crippen LogP contribution in [0.25, 0.3) is 0 Å². The third-order valence-electron chi connectivity index (χ3n) is 6.23. The van der Waals surface area contributed by atoms with E-state index in [-0.39, 0.29) is 11.8 Å². The van der Waals surface area contributed by atoms with E-state index in [4.69, 9.17) is 0 Å². The Bertz CT molecular complexity index is 1110. The highest BCUT2D eigenvalue weighted by Crippen LogP contribution is 2.54. The third kappa shape index (κ3) is 2.64. The number of para-hydroxylation sites is 1. The van der Waals surface area contributed by atoms with Gasteiger partial charge in [0.05, 0.1) is 11.6 Å². The van der Waals surface area contributed by atoms with Gasteiger partial charge in [0.25, 0.3) is 5.91 Å². The van der Waals surface area contributed by atoms with Crippen LogP contribution in [0.3, 0.4) is 0 Å². The summed E-state index contributed by atoms with van der Waals surface area (Å²) in [5, 5.41) is 3.04. The minimum atomic E-state index is -0.808. The second-order valence-corrected chi connectivity index (χ2v) is 7.77. The van der Waals surface area contributed by atoms with Crippen LogP contribution in [-0.2, 0) is 16.6 Å². The van der Waals surface area contributed by atoms with E-state index in [1.54, 1.807) is 17.3 Å². The largest absolute Gasteiger partial charge is 0.330 e. The number of benzene rings is 2. The molecule has 0 aliphatic carbocycles. The van der Waals surface area contributed by atoms with E-state index >= 15 is 0 Å². The SMILES string of the molecule is CCc1ncc(C(=O)N2CC[C@]3(C(=O)Nc4ccccc43)[C@@H]2c2ccccc2)cn1. The van der Waals surface area contributed by atoms with Crippen LogP contribution in [0, 0.1) is 0 Å². The summed E-state index contributed by atoms with van der Waals surface area (Å²) in [6.45, 7) is 2.46. The van der Waals surface area contributed by atoms with Crippen LogP contribution >= 0.6 is 0 Å². The lowest BCUT2D eigenvalue weighted by Crippen LogP contribution is -2.42. The van der Waals surface area contributed by atoms with Crippen LogP contribution < -0.4 is 5.32 Å². The zero-order valence-corrected chi connectivity index (χ0v) is 16.7. The molecule has 1 saturated heterocycles. The van der Waals surface area contributed by atoms with Crippen molar-refractivity contribution in [3.63, 3.8) is 0 Å². The number of rotatable bonds is 3. The summed E-state index contributed by atoms with van der Waals surface area (Å²) in [6.07, 6.45) is 4.45. The molecule has 2 aliphatic rings. The Balaban J connectivity index is 1.63. The van der Waals surface area contributed by atoms with Crippen LogP contribution in [0.2, 0.25) is 0 Å². The van der Waals surface area contributed by atoms with Crippen LogP contribution in [-0.4, -0.2) is 33.2 Å². The van der Waals surface area contributed by atoms with E-state index in [2.05, 4.69) is 15.3 Å². The van der Waals surface area contributed by atoms with Crippen molar-refractivity contribution in [3.8, 4) is 0 Å². The Labute approximate surface area is 175 Å². The summed E-state index contributed by atoms with van der Waals surface area (Å²) in [6, 6.07) is 17.2. The zero-order chi connectivity index (χ0) is 20.7. The molecule has 2 aliphatic heterocycles. The van der Waals surface area contributed by atoms with Crippen LogP contribution in [0.5, 0.6) is 0 Å². The minimum Gasteiger partial charge on any atom is -0.330 e. The molecule has 1 fully saturated rings. The molecule has 2 amide bonds. The Hall–Kier alpha value is -3.54. The number of anilines is 1. The number of carbonyl (C=O) groups excluding carboxylic acids is 2. The van der Waals surface area contributed by atoms with Crippen molar-refractivity contribution >= 4 is 17.5 Å². The molecular weight excluding hydrogens is 376 g/mol. The van der Waals surface area contributed by atoms with Gasteiger partial charge in [0, 0.05) is 31.0 Å². The summed E-state index contributed by atoms with van der Waals surface area (Å²) in [5.41, 5.74) is 2.36. The normalized spacial score (nSPS) is 22.2. The van der Waals surface area contributed by atoms with Gasteiger partial charge in [-0.15, -0.1) is 0 Å². The van der Waals surface area contributed by atoms with E-state index in [1.807, 2.05) is 61.5 Å². The number of aryl methyl sites for hydroxylation is 1. The number of carbonyl (C=O) groups is 2. The number of hydrogen-bond acceptors (Lipinski definition) is 4. The van der Waals surface area contributed by atoms with E-state index in [9.17, 15) is 9.59 Å². The summed E-state index contributed by atoms with van der Waals surface area (Å²) >= 11 is 0. The number of fused-ring (bicyclic) bond motifs is 2. The van der Waals surface area contributed by atoms with Gasteiger partial charge in [-0.05, 0) is 23.6 Å². The second kappa shape index (κ2) is 7.06. The average molecular weight is 398 g/mol. The Morgan fingerprint density at radius 3 is 2.53 bits per heavy atom. The van der Waals surface area contributed by atoms with Crippen molar-refractivity contribution in [1.29, 1.82) is 0 Å². The van der Waals surface area contributed by atoms with Crippen LogP contribution in [0.1, 0.15) is 46.7 Å². The molecule has 0 radical (unpaired) electrons.